The summed E-state index contributed by atoms with van der Waals surface area (Å²) in [6, 6.07) is 19.0. The van der Waals surface area contributed by atoms with E-state index in [1.165, 1.54) is 5.56 Å². The van der Waals surface area contributed by atoms with Crippen LogP contribution in [0.4, 0.5) is 0 Å². The first-order valence-corrected chi connectivity index (χ1v) is 12.0. The van der Waals surface area contributed by atoms with Crippen molar-refractivity contribution in [3.63, 3.8) is 0 Å². The highest BCUT2D eigenvalue weighted by atomic mass is 16.7. The summed E-state index contributed by atoms with van der Waals surface area (Å²) in [6.45, 7) is 4.35. The van der Waals surface area contributed by atoms with Crippen molar-refractivity contribution in [3.05, 3.63) is 77.4 Å². The summed E-state index contributed by atoms with van der Waals surface area (Å²) < 4.78 is 27.5. The minimum absolute atomic E-state index is 0.0195. The van der Waals surface area contributed by atoms with Crippen LogP contribution < -0.4 is 23.7 Å². The summed E-state index contributed by atoms with van der Waals surface area (Å²) in [4.78, 5) is 17.5. The highest BCUT2D eigenvalue weighted by Crippen LogP contribution is 2.33. The Bertz CT molecular complexity index is 1210. The Hall–Kier alpha value is -3.91. The van der Waals surface area contributed by atoms with Crippen LogP contribution in [0, 0.1) is 0 Å². The summed E-state index contributed by atoms with van der Waals surface area (Å²) in [6.07, 6.45) is 0. The van der Waals surface area contributed by atoms with Crippen molar-refractivity contribution in [2.75, 3.05) is 47.2 Å². The van der Waals surface area contributed by atoms with Crippen molar-refractivity contribution in [2.45, 2.75) is 13.2 Å². The van der Waals surface area contributed by atoms with Gasteiger partial charge in [-0.2, -0.15) is 0 Å². The number of fused-ring (bicyclic) bond motifs is 1. The lowest BCUT2D eigenvalue weighted by Crippen LogP contribution is -2.48. The maximum Gasteiger partial charge on any atom is 0.253 e. The zero-order valence-corrected chi connectivity index (χ0v) is 20.6. The number of hydrogen-bond acceptors (Lipinski definition) is 7. The van der Waals surface area contributed by atoms with Gasteiger partial charge in [0.1, 0.15) is 23.9 Å². The quantitative estimate of drug-likeness (QED) is 0.473. The van der Waals surface area contributed by atoms with Crippen LogP contribution in [0.15, 0.2) is 60.7 Å². The molecule has 0 radical (unpaired) electrons. The summed E-state index contributed by atoms with van der Waals surface area (Å²) in [7, 11) is 3.25. The second-order valence-electron chi connectivity index (χ2n) is 8.75. The van der Waals surface area contributed by atoms with Crippen LogP contribution in [0.3, 0.4) is 0 Å². The SMILES string of the molecule is COc1ccc(OCc2cc(C(=O)N3CCN(Cc4ccc5c(c4)OCO5)CC3)ccc2OC)cc1. The average molecular weight is 491 g/mol. The molecule has 1 amide bonds. The number of rotatable bonds is 8. The fourth-order valence-electron chi connectivity index (χ4n) is 4.45. The van der Waals surface area contributed by atoms with Gasteiger partial charge in [-0.25, -0.2) is 0 Å². The molecule has 1 fully saturated rings. The molecule has 0 spiro atoms. The Kier molecular flexibility index (Phi) is 7.13. The predicted octanol–water partition coefficient (Wildman–Crippen LogP) is 3.97. The third-order valence-corrected chi connectivity index (χ3v) is 6.48. The first kappa shape index (κ1) is 23.8. The molecule has 1 saturated heterocycles. The van der Waals surface area contributed by atoms with Crippen molar-refractivity contribution in [2.24, 2.45) is 0 Å². The van der Waals surface area contributed by atoms with E-state index < -0.39 is 0 Å². The molecule has 2 aliphatic rings. The van der Waals surface area contributed by atoms with Crippen LogP contribution >= 0.6 is 0 Å². The molecule has 8 nitrogen and oxygen atoms in total. The average Bonchev–Trinajstić information content (AvgIpc) is 3.40. The van der Waals surface area contributed by atoms with Gasteiger partial charge in [-0.3, -0.25) is 9.69 Å². The van der Waals surface area contributed by atoms with Crippen molar-refractivity contribution < 1.29 is 28.5 Å². The van der Waals surface area contributed by atoms with E-state index in [0.29, 0.717) is 36.8 Å². The van der Waals surface area contributed by atoms with Gasteiger partial charge in [-0.05, 0) is 60.2 Å². The number of amides is 1. The Morgan fingerprint density at radius 3 is 2.33 bits per heavy atom. The fourth-order valence-corrected chi connectivity index (χ4v) is 4.45. The molecule has 8 heteroatoms. The highest BCUT2D eigenvalue weighted by Gasteiger charge is 2.24. The van der Waals surface area contributed by atoms with E-state index in [4.69, 9.17) is 23.7 Å². The van der Waals surface area contributed by atoms with Crippen LogP contribution in [0.1, 0.15) is 21.5 Å². The van der Waals surface area contributed by atoms with Gasteiger partial charge in [0.2, 0.25) is 6.79 Å². The highest BCUT2D eigenvalue weighted by molar-refractivity contribution is 5.94. The lowest BCUT2D eigenvalue weighted by atomic mass is 10.1. The lowest BCUT2D eigenvalue weighted by Gasteiger charge is -2.35. The summed E-state index contributed by atoms with van der Waals surface area (Å²) in [5.41, 5.74) is 2.63. The van der Waals surface area contributed by atoms with Crippen LogP contribution in [0.25, 0.3) is 0 Å². The van der Waals surface area contributed by atoms with E-state index in [0.717, 1.165) is 42.4 Å². The molecule has 0 bridgehead atoms. The molecule has 2 aliphatic heterocycles. The maximum absolute atomic E-state index is 13.3. The first-order valence-electron chi connectivity index (χ1n) is 12.0. The zero-order valence-electron chi connectivity index (χ0n) is 20.6. The second kappa shape index (κ2) is 10.8. The number of ether oxygens (including phenoxy) is 5. The molecular formula is C28H30N2O6. The Labute approximate surface area is 210 Å². The Morgan fingerprint density at radius 1 is 0.833 bits per heavy atom. The molecule has 36 heavy (non-hydrogen) atoms. The smallest absolute Gasteiger partial charge is 0.253 e. The number of benzene rings is 3. The largest absolute Gasteiger partial charge is 0.497 e. The lowest BCUT2D eigenvalue weighted by molar-refractivity contribution is 0.0628. The third kappa shape index (κ3) is 5.33. The second-order valence-corrected chi connectivity index (χ2v) is 8.75. The number of carbonyl (C=O) groups excluding carboxylic acids is 1. The number of piperazine rings is 1. The molecule has 0 unspecified atom stereocenters. The zero-order chi connectivity index (χ0) is 24.9. The molecule has 3 aromatic rings. The standard InChI is InChI=1S/C28H30N2O6/c1-32-23-5-7-24(8-6-23)34-18-22-16-21(4-10-25(22)33-2)28(31)30-13-11-29(12-14-30)17-20-3-9-26-27(15-20)36-19-35-26/h3-10,15-16H,11-14,17-19H2,1-2H3. The van der Waals surface area contributed by atoms with Gasteiger partial charge in [0.05, 0.1) is 14.2 Å². The number of nitrogens with zero attached hydrogens (tertiary/aromatic N) is 2. The van der Waals surface area contributed by atoms with Gasteiger partial charge in [0, 0.05) is 43.9 Å². The van der Waals surface area contributed by atoms with Crippen LogP contribution in [0.5, 0.6) is 28.7 Å². The van der Waals surface area contributed by atoms with Gasteiger partial charge < -0.3 is 28.6 Å². The molecule has 0 saturated carbocycles. The minimum atomic E-state index is 0.0195. The number of methoxy groups -OCH3 is 2. The van der Waals surface area contributed by atoms with Crippen LogP contribution in [-0.4, -0.2) is 62.9 Å². The van der Waals surface area contributed by atoms with Gasteiger partial charge in [0.25, 0.3) is 5.91 Å². The van der Waals surface area contributed by atoms with Crippen molar-refractivity contribution >= 4 is 5.91 Å². The van der Waals surface area contributed by atoms with Gasteiger partial charge in [-0.15, -0.1) is 0 Å². The number of hydrogen-bond donors (Lipinski definition) is 0. The van der Waals surface area contributed by atoms with Gasteiger partial charge in [0.15, 0.2) is 11.5 Å². The van der Waals surface area contributed by atoms with Gasteiger partial charge >= 0.3 is 0 Å². The van der Waals surface area contributed by atoms with E-state index in [2.05, 4.69) is 11.0 Å². The topological polar surface area (TPSA) is 69.7 Å². The first-order chi connectivity index (χ1) is 17.6. The Balaban J connectivity index is 1.18. The predicted molar refractivity (Wildman–Crippen MR) is 134 cm³/mol. The monoisotopic (exact) mass is 490 g/mol. The molecule has 0 N–H and O–H groups in total. The normalized spacial score (nSPS) is 15.0. The summed E-state index contributed by atoms with van der Waals surface area (Å²) >= 11 is 0. The van der Waals surface area contributed by atoms with Gasteiger partial charge in [-0.1, -0.05) is 6.07 Å². The van der Waals surface area contributed by atoms with E-state index in [9.17, 15) is 4.79 Å². The maximum atomic E-state index is 13.3. The molecule has 0 aliphatic carbocycles. The molecule has 2 heterocycles. The van der Waals surface area contributed by atoms with E-state index in [-0.39, 0.29) is 12.7 Å². The molecule has 3 aromatic carbocycles. The minimum Gasteiger partial charge on any atom is -0.497 e. The molecular weight excluding hydrogens is 460 g/mol. The molecule has 188 valence electrons. The third-order valence-electron chi connectivity index (χ3n) is 6.48. The Morgan fingerprint density at radius 2 is 1.58 bits per heavy atom. The number of carbonyl (C=O) groups is 1. The van der Waals surface area contributed by atoms with Crippen LogP contribution in [-0.2, 0) is 13.2 Å². The van der Waals surface area contributed by atoms with E-state index >= 15 is 0 Å². The van der Waals surface area contributed by atoms with E-state index in [1.807, 2.05) is 59.5 Å². The summed E-state index contributed by atoms with van der Waals surface area (Å²) in [5.74, 6) is 3.78. The van der Waals surface area contributed by atoms with E-state index in [1.54, 1.807) is 14.2 Å². The fraction of sp³-hybridized carbons (Fsp3) is 0.321. The van der Waals surface area contributed by atoms with Crippen molar-refractivity contribution in [1.29, 1.82) is 0 Å². The molecule has 5 rings (SSSR count). The molecule has 0 atom stereocenters. The van der Waals surface area contributed by atoms with Crippen LogP contribution in [0.2, 0.25) is 0 Å². The molecule has 0 aromatic heterocycles. The summed E-state index contributed by atoms with van der Waals surface area (Å²) in [5, 5.41) is 0. The van der Waals surface area contributed by atoms with Crippen molar-refractivity contribution in [1.82, 2.24) is 9.80 Å². The van der Waals surface area contributed by atoms with Crippen molar-refractivity contribution in [3.8, 4) is 28.7 Å².